The van der Waals surface area contributed by atoms with Crippen LogP contribution < -0.4 is 16.6 Å². The van der Waals surface area contributed by atoms with Gasteiger partial charge >= 0.3 is 5.69 Å². The van der Waals surface area contributed by atoms with Crippen molar-refractivity contribution in [2.45, 2.75) is 13.5 Å². The number of imidazole rings is 1. The number of nitrogens with one attached hydrogen (secondary N) is 1. The van der Waals surface area contributed by atoms with Gasteiger partial charge in [-0.05, 0) is 24.6 Å². The number of hydrogen-bond donors (Lipinski definition) is 1. The normalized spacial score (nSPS) is 11.4. The third-order valence-electron chi connectivity index (χ3n) is 4.29. The molecule has 0 atom stereocenters. The molecule has 0 spiro atoms. The zero-order valence-corrected chi connectivity index (χ0v) is 15.7. The highest BCUT2D eigenvalue weighted by Crippen LogP contribution is 2.26. The van der Waals surface area contributed by atoms with Crippen LogP contribution in [0.4, 0.5) is 5.13 Å². The van der Waals surface area contributed by atoms with E-state index < -0.39 is 23.7 Å². The molecule has 0 fully saturated rings. The second-order valence-electron chi connectivity index (χ2n) is 6.30. The summed E-state index contributed by atoms with van der Waals surface area (Å²) in [6, 6.07) is 5.81. The lowest BCUT2D eigenvalue weighted by atomic mass is 10.2. The van der Waals surface area contributed by atoms with E-state index in [4.69, 9.17) is 0 Å². The number of amides is 1. The van der Waals surface area contributed by atoms with E-state index >= 15 is 0 Å². The van der Waals surface area contributed by atoms with Crippen LogP contribution in [0.2, 0.25) is 0 Å². The van der Waals surface area contributed by atoms with Crippen molar-refractivity contribution in [2.24, 2.45) is 14.1 Å². The van der Waals surface area contributed by atoms with Gasteiger partial charge in [-0.2, -0.15) is 0 Å². The lowest BCUT2D eigenvalue weighted by Crippen LogP contribution is -2.42. The zero-order valence-electron chi connectivity index (χ0n) is 14.9. The molecule has 0 radical (unpaired) electrons. The van der Waals surface area contributed by atoms with Crippen molar-refractivity contribution in [1.82, 2.24) is 23.7 Å². The van der Waals surface area contributed by atoms with E-state index in [0.29, 0.717) is 5.13 Å². The van der Waals surface area contributed by atoms with E-state index in [9.17, 15) is 14.4 Å². The molecule has 9 nitrogen and oxygen atoms in total. The standard InChI is InChI=1S/C17H16N6O3S/c1-9-4-5-10-11(6-9)27-16(19-10)20-12(24)7-23-15(25)13-14(18-8-21(13)2)22(3)17(23)26/h4-6,8H,7H2,1-3H3,(H,19,20,24). The second-order valence-corrected chi connectivity index (χ2v) is 7.33. The molecular weight excluding hydrogens is 368 g/mol. The minimum atomic E-state index is -0.596. The summed E-state index contributed by atoms with van der Waals surface area (Å²) in [5, 5.41) is 3.09. The monoisotopic (exact) mass is 384 g/mol. The predicted molar refractivity (Wildman–Crippen MR) is 103 cm³/mol. The molecule has 1 amide bonds. The molecule has 1 N–H and O–H groups in total. The van der Waals surface area contributed by atoms with Crippen LogP contribution in [0.3, 0.4) is 0 Å². The molecule has 4 rings (SSSR count). The Morgan fingerprint density at radius 3 is 2.81 bits per heavy atom. The maximum Gasteiger partial charge on any atom is 0.332 e. The maximum atomic E-state index is 12.6. The number of hydrogen-bond acceptors (Lipinski definition) is 6. The fourth-order valence-corrected chi connectivity index (χ4v) is 3.90. The Hall–Kier alpha value is -3.27. The van der Waals surface area contributed by atoms with E-state index in [-0.39, 0.29) is 11.2 Å². The van der Waals surface area contributed by atoms with Crippen molar-refractivity contribution in [1.29, 1.82) is 0 Å². The van der Waals surface area contributed by atoms with Gasteiger partial charge in [0.1, 0.15) is 6.54 Å². The molecule has 4 aromatic rings. The number of rotatable bonds is 3. The highest BCUT2D eigenvalue weighted by Gasteiger charge is 2.17. The first-order valence-electron chi connectivity index (χ1n) is 8.13. The molecule has 10 heteroatoms. The molecule has 27 heavy (non-hydrogen) atoms. The SMILES string of the molecule is Cc1ccc2nc(NC(=O)Cn3c(=O)c4c(ncn4C)n(C)c3=O)sc2c1. The number of fused-ring (bicyclic) bond motifs is 2. The van der Waals surface area contributed by atoms with Gasteiger partial charge in [-0.3, -0.25) is 14.2 Å². The molecule has 0 saturated heterocycles. The Morgan fingerprint density at radius 2 is 2.04 bits per heavy atom. The Balaban J connectivity index is 1.67. The fourth-order valence-electron chi connectivity index (χ4n) is 2.92. The average Bonchev–Trinajstić information content (AvgIpc) is 3.19. The summed E-state index contributed by atoms with van der Waals surface area (Å²) in [7, 11) is 3.18. The maximum absolute atomic E-state index is 12.6. The van der Waals surface area contributed by atoms with Crippen LogP contribution in [-0.4, -0.2) is 29.6 Å². The molecule has 0 aliphatic heterocycles. The smallest absolute Gasteiger partial charge is 0.328 e. The first kappa shape index (κ1) is 17.2. The Kier molecular flexibility index (Phi) is 3.92. The quantitative estimate of drug-likeness (QED) is 0.567. The van der Waals surface area contributed by atoms with Gasteiger partial charge in [0, 0.05) is 14.1 Å². The van der Waals surface area contributed by atoms with Gasteiger partial charge in [-0.1, -0.05) is 17.4 Å². The van der Waals surface area contributed by atoms with Crippen molar-refractivity contribution in [2.75, 3.05) is 5.32 Å². The summed E-state index contributed by atoms with van der Waals surface area (Å²) >= 11 is 1.34. The first-order chi connectivity index (χ1) is 12.8. The van der Waals surface area contributed by atoms with Crippen LogP contribution in [0.15, 0.2) is 34.1 Å². The lowest BCUT2D eigenvalue weighted by molar-refractivity contribution is -0.116. The van der Waals surface area contributed by atoms with Gasteiger partial charge in [0.25, 0.3) is 5.56 Å². The minimum absolute atomic E-state index is 0.264. The Morgan fingerprint density at radius 1 is 1.26 bits per heavy atom. The fraction of sp³-hybridized carbons (Fsp3) is 0.235. The van der Waals surface area contributed by atoms with Gasteiger partial charge < -0.3 is 9.88 Å². The van der Waals surface area contributed by atoms with Gasteiger partial charge in [-0.15, -0.1) is 0 Å². The molecule has 1 aromatic carbocycles. The van der Waals surface area contributed by atoms with E-state index in [1.807, 2.05) is 25.1 Å². The highest BCUT2D eigenvalue weighted by molar-refractivity contribution is 7.22. The van der Waals surface area contributed by atoms with Crippen molar-refractivity contribution >= 4 is 43.8 Å². The van der Waals surface area contributed by atoms with Crippen LogP contribution in [0, 0.1) is 6.92 Å². The summed E-state index contributed by atoms with van der Waals surface area (Å²) in [6.45, 7) is 1.58. The average molecular weight is 384 g/mol. The van der Waals surface area contributed by atoms with Gasteiger partial charge in [0.15, 0.2) is 16.3 Å². The molecule has 3 heterocycles. The van der Waals surface area contributed by atoms with Gasteiger partial charge in [0.05, 0.1) is 16.5 Å². The van der Waals surface area contributed by atoms with E-state index in [1.54, 1.807) is 7.05 Å². The molecule has 0 unspecified atom stereocenters. The highest BCUT2D eigenvalue weighted by atomic mass is 32.1. The van der Waals surface area contributed by atoms with Crippen molar-refractivity contribution in [3.8, 4) is 0 Å². The number of aromatic nitrogens is 5. The number of carbonyl (C=O) groups is 1. The molecule has 0 saturated carbocycles. The molecule has 138 valence electrons. The second kappa shape index (κ2) is 6.16. The topological polar surface area (TPSA) is 104 Å². The minimum Gasteiger partial charge on any atom is -0.328 e. The van der Waals surface area contributed by atoms with Crippen LogP contribution >= 0.6 is 11.3 Å². The summed E-state index contributed by atoms with van der Waals surface area (Å²) < 4.78 is 4.64. The number of aryl methyl sites for hydroxylation is 3. The third-order valence-corrected chi connectivity index (χ3v) is 5.23. The first-order valence-corrected chi connectivity index (χ1v) is 8.94. The van der Waals surface area contributed by atoms with Crippen molar-refractivity contribution in [3.63, 3.8) is 0 Å². The molecule has 3 aromatic heterocycles. The number of benzene rings is 1. The number of carbonyl (C=O) groups excluding carboxylic acids is 1. The van der Waals surface area contributed by atoms with Crippen LogP contribution in [0.1, 0.15) is 5.56 Å². The van der Waals surface area contributed by atoms with E-state index in [0.717, 1.165) is 20.3 Å². The summed E-state index contributed by atoms with van der Waals surface area (Å²) in [5.74, 6) is -0.494. The summed E-state index contributed by atoms with van der Waals surface area (Å²) in [4.78, 5) is 46.0. The number of thiazole rings is 1. The van der Waals surface area contributed by atoms with E-state index in [2.05, 4.69) is 15.3 Å². The summed E-state index contributed by atoms with van der Waals surface area (Å²) in [6.07, 6.45) is 1.46. The number of anilines is 1. The predicted octanol–water partition coefficient (Wildman–Crippen LogP) is 0.991. The van der Waals surface area contributed by atoms with Gasteiger partial charge in [-0.25, -0.2) is 19.3 Å². The van der Waals surface area contributed by atoms with Crippen molar-refractivity contribution < 1.29 is 4.79 Å². The Bertz CT molecular complexity index is 1330. The van der Waals surface area contributed by atoms with Crippen LogP contribution in [0.5, 0.6) is 0 Å². The molecule has 0 bridgehead atoms. The molecule has 0 aliphatic rings. The molecule has 0 aliphatic carbocycles. The summed E-state index contributed by atoms with van der Waals surface area (Å²) in [5.41, 5.74) is 1.28. The van der Waals surface area contributed by atoms with Crippen LogP contribution in [-0.2, 0) is 25.4 Å². The zero-order chi connectivity index (χ0) is 19.3. The molecular formula is C17H16N6O3S. The van der Waals surface area contributed by atoms with Gasteiger partial charge in [0.2, 0.25) is 5.91 Å². The van der Waals surface area contributed by atoms with E-state index in [1.165, 1.54) is 33.8 Å². The third kappa shape index (κ3) is 2.83. The number of nitrogens with zero attached hydrogens (tertiary/aromatic N) is 5. The Labute approximate surface area is 156 Å². The van der Waals surface area contributed by atoms with Crippen molar-refractivity contribution in [3.05, 3.63) is 50.9 Å². The van der Waals surface area contributed by atoms with Crippen LogP contribution in [0.25, 0.3) is 21.4 Å². The lowest BCUT2D eigenvalue weighted by Gasteiger charge is -2.08. The largest absolute Gasteiger partial charge is 0.332 e.